The average Bonchev–Trinajstić information content (AvgIpc) is 2.41. The molecular weight excluding hydrogens is 244 g/mol. The number of rotatable bonds is 4. The van der Waals surface area contributed by atoms with Crippen LogP contribution < -0.4 is 10.5 Å². The molecule has 0 bridgehead atoms. The first-order valence-electron chi connectivity index (χ1n) is 5.82. The molecule has 19 heavy (non-hydrogen) atoms. The average molecular weight is 258 g/mol. The molecular formula is C14H14N2O3. The van der Waals surface area contributed by atoms with E-state index < -0.39 is 4.92 Å². The normalized spacial score (nSPS) is 10.2. The second-order valence-electron chi connectivity index (χ2n) is 4.16. The van der Waals surface area contributed by atoms with Crippen molar-refractivity contribution in [1.82, 2.24) is 0 Å². The van der Waals surface area contributed by atoms with Crippen molar-refractivity contribution in [2.45, 2.75) is 13.5 Å². The van der Waals surface area contributed by atoms with Crippen molar-refractivity contribution in [3.05, 3.63) is 63.7 Å². The lowest BCUT2D eigenvalue weighted by Gasteiger charge is -2.09. The number of non-ortho nitro benzene ring substituents is 1. The lowest BCUT2D eigenvalue weighted by atomic mass is 10.2. The first-order chi connectivity index (χ1) is 9.10. The number of nitro groups is 1. The van der Waals surface area contributed by atoms with Crippen molar-refractivity contribution in [3.63, 3.8) is 0 Å². The molecule has 0 saturated heterocycles. The number of aryl methyl sites for hydroxylation is 1. The Morgan fingerprint density at radius 2 is 2.05 bits per heavy atom. The summed E-state index contributed by atoms with van der Waals surface area (Å²) in [6.45, 7) is 2.26. The SMILES string of the molecule is Cc1ccc([N+](=O)[O-])cc1Oc1cccc(CN)c1. The van der Waals surface area contributed by atoms with Gasteiger partial charge in [-0.15, -0.1) is 0 Å². The highest BCUT2D eigenvalue weighted by atomic mass is 16.6. The van der Waals surface area contributed by atoms with Gasteiger partial charge in [0.2, 0.25) is 0 Å². The monoisotopic (exact) mass is 258 g/mol. The van der Waals surface area contributed by atoms with Crippen LogP contribution in [0.15, 0.2) is 42.5 Å². The van der Waals surface area contributed by atoms with Crippen LogP contribution in [0.4, 0.5) is 5.69 Å². The fourth-order valence-corrected chi connectivity index (χ4v) is 1.68. The summed E-state index contributed by atoms with van der Waals surface area (Å²) in [5.74, 6) is 1.09. The van der Waals surface area contributed by atoms with Gasteiger partial charge in [-0.25, -0.2) is 0 Å². The van der Waals surface area contributed by atoms with Gasteiger partial charge >= 0.3 is 0 Å². The van der Waals surface area contributed by atoms with Gasteiger partial charge in [0.1, 0.15) is 11.5 Å². The van der Waals surface area contributed by atoms with E-state index in [1.165, 1.54) is 12.1 Å². The molecule has 2 aromatic carbocycles. The molecule has 0 fully saturated rings. The third kappa shape index (κ3) is 3.08. The summed E-state index contributed by atoms with van der Waals surface area (Å²) < 4.78 is 5.68. The lowest BCUT2D eigenvalue weighted by molar-refractivity contribution is -0.384. The minimum atomic E-state index is -0.442. The molecule has 0 heterocycles. The second kappa shape index (κ2) is 5.49. The first-order valence-corrected chi connectivity index (χ1v) is 5.82. The highest BCUT2D eigenvalue weighted by molar-refractivity contribution is 5.46. The number of benzene rings is 2. The molecule has 0 aromatic heterocycles. The van der Waals surface area contributed by atoms with Gasteiger partial charge in [0, 0.05) is 12.6 Å². The summed E-state index contributed by atoms with van der Waals surface area (Å²) in [5, 5.41) is 10.8. The Hall–Kier alpha value is -2.40. The third-order valence-electron chi connectivity index (χ3n) is 2.74. The van der Waals surface area contributed by atoms with Crippen molar-refractivity contribution in [3.8, 4) is 11.5 Å². The van der Waals surface area contributed by atoms with Gasteiger partial charge in [0.05, 0.1) is 11.0 Å². The number of hydrogen-bond donors (Lipinski definition) is 1. The fourth-order valence-electron chi connectivity index (χ4n) is 1.68. The Labute approximate surface area is 110 Å². The van der Waals surface area contributed by atoms with Crippen LogP contribution in [0, 0.1) is 17.0 Å². The third-order valence-corrected chi connectivity index (χ3v) is 2.74. The quantitative estimate of drug-likeness (QED) is 0.675. The van der Waals surface area contributed by atoms with Gasteiger partial charge in [-0.2, -0.15) is 0 Å². The molecule has 98 valence electrons. The molecule has 0 aliphatic heterocycles. The van der Waals surface area contributed by atoms with E-state index in [1.807, 2.05) is 25.1 Å². The molecule has 0 spiro atoms. The minimum absolute atomic E-state index is 0.00980. The van der Waals surface area contributed by atoms with Gasteiger partial charge in [0.15, 0.2) is 0 Å². The molecule has 0 radical (unpaired) electrons. The van der Waals surface area contributed by atoms with E-state index in [0.717, 1.165) is 11.1 Å². The van der Waals surface area contributed by atoms with E-state index in [0.29, 0.717) is 18.0 Å². The zero-order valence-corrected chi connectivity index (χ0v) is 10.5. The van der Waals surface area contributed by atoms with Gasteiger partial charge < -0.3 is 10.5 Å². The summed E-state index contributed by atoms with van der Waals surface area (Å²) in [6.07, 6.45) is 0. The smallest absolute Gasteiger partial charge is 0.273 e. The Bertz CT molecular complexity index is 611. The predicted octanol–water partition coefficient (Wildman–Crippen LogP) is 3.15. The zero-order chi connectivity index (χ0) is 13.8. The van der Waals surface area contributed by atoms with E-state index in [2.05, 4.69) is 0 Å². The van der Waals surface area contributed by atoms with Crippen LogP contribution >= 0.6 is 0 Å². The van der Waals surface area contributed by atoms with E-state index in [1.54, 1.807) is 12.1 Å². The van der Waals surface area contributed by atoms with E-state index >= 15 is 0 Å². The molecule has 0 aliphatic carbocycles. The summed E-state index contributed by atoms with van der Waals surface area (Å²) >= 11 is 0. The van der Waals surface area contributed by atoms with E-state index in [9.17, 15) is 10.1 Å². The van der Waals surface area contributed by atoms with Crippen molar-refractivity contribution in [2.24, 2.45) is 5.73 Å². The number of nitrogens with zero attached hydrogens (tertiary/aromatic N) is 1. The van der Waals surface area contributed by atoms with Crippen LogP contribution in [0.1, 0.15) is 11.1 Å². The summed E-state index contributed by atoms with van der Waals surface area (Å²) in [6, 6.07) is 11.9. The zero-order valence-electron chi connectivity index (χ0n) is 10.5. The molecule has 5 nitrogen and oxygen atoms in total. The standard InChI is InChI=1S/C14H14N2O3/c1-10-5-6-12(16(17)18)8-14(10)19-13-4-2-3-11(7-13)9-15/h2-8H,9,15H2,1H3. The largest absolute Gasteiger partial charge is 0.457 e. The van der Waals surface area contributed by atoms with Crippen LogP contribution in [-0.2, 0) is 6.54 Å². The molecule has 2 rings (SSSR count). The lowest BCUT2D eigenvalue weighted by Crippen LogP contribution is -1.96. The Balaban J connectivity index is 2.31. The van der Waals surface area contributed by atoms with Crippen LogP contribution in [0.2, 0.25) is 0 Å². The molecule has 0 aliphatic rings. The van der Waals surface area contributed by atoms with Crippen molar-refractivity contribution in [1.29, 1.82) is 0 Å². The molecule has 0 atom stereocenters. The number of nitrogens with two attached hydrogens (primary N) is 1. The maximum atomic E-state index is 10.8. The van der Waals surface area contributed by atoms with E-state index in [-0.39, 0.29) is 5.69 Å². The predicted molar refractivity (Wildman–Crippen MR) is 72.2 cm³/mol. The Morgan fingerprint density at radius 3 is 2.74 bits per heavy atom. The molecule has 2 N–H and O–H groups in total. The molecule has 0 amide bonds. The van der Waals surface area contributed by atoms with E-state index in [4.69, 9.17) is 10.5 Å². The fraction of sp³-hybridized carbons (Fsp3) is 0.143. The summed E-state index contributed by atoms with van der Waals surface area (Å²) in [4.78, 5) is 10.3. The molecule has 2 aromatic rings. The van der Waals surface area contributed by atoms with Gasteiger partial charge in [0.25, 0.3) is 5.69 Å². The van der Waals surface area contributed by atoms with Crippen LogP contribution in [0.25, 0.3) is 0 Å². The van der Waals surface area contributed by atoms with Crippen molar-refractivity contribution < 1.29 is 9.66 Å². The molecule has 0 unspecified atom stereocenters. The summed E-state index contributed by atoms with van der Waals surface area (Å²) in [5.41, 5.74) is 7.35. The highest BCUT2D eigenvalue weighted by Crippen LogP contribution is 2.29. The minimum Gasteiger partial charge on any atom is -0.457 e. The summed E-state index contributed by atoms with van der Waals surface area (Å²) in [7, 11) is 0. The highest BCUT2D eigenvalue weighted by Gasteiger charge is 2.10. The van der Waals surface area contributed by atoms with Crippen LogP contribution in [0.3, 0.4) is 0 Å². The number of hydrogen-bond acceptors (Lipinski definition) is 4. The maximum Gasteiger partial charge on any atom is 0.273 e. The van der Waals surface area contributed by atoms with Gasteiger partial charge in [-0.05, 0) is 36.2 Å². The topological polar surface area (TPSA) is 78.4 Å². The maximum absolute atomic E-state index is 10.8. The Morgan fingerprint density at radius 1 is 1.26 bits per heavy atom. The Kier molecular flexibility index (Phi) is 3.77. The van der Waals surface area contributed by atoms with Crippen molar-refractivity contribution >= 4 is 5.69 Å². The molecule has 5 heteroatoms. The van der Waals surface area contributed by atoms with Crippen LogP contribution in [-0.4, -0.2) is 4.92 Å². The number of nitro benzene ring substituents is 1. The first kappa shape index (κ1) is 13.0. The van der Waals surface area contributed by atoms with Gasteiger partial charge in [-0.1, -0.05) is 12.1 Å². The number of ether oxygens (including phenoxy) is 1. The molecule has 0 saturated carbocycles. The van der Waals surface area contributed by atoms with Crippen molar-refractivity contribution in [2.75, 3.05) is 0 Å². The second-order valence-corrected chi connectivity index (χ2v) is 4.16. The van der Waals surface area contributed by atoms with Crippen LogP contribution in [0.5, 0.6) is 11.5 Å². The van der Waals surface area contributed by atoms with Gasteiger partial charge in [-0.3, -0.25) is 10.1 Å².